The van der Waals surface area contributed by atoms with Gasteiger partial charge in [0.05, 0.1) is 0 Å². The highest BCUT2D eigenvalue weighted by atomic mass is 79.9. The molecule has 0 aromatic heterocycles. The zero-order chi connectivity index (χ0) is 14.7. The van der Waals surface area contributed by atoms with Crippen molar-refractivity contribution in [3.8, 4) is 0 Å². The molecule has 0 spiro atoms. The number of rotatable bonds is 4. The van der Waals surface area contributed by atoms with Gasteiger partial charge in [-0.15, -0.1) is 0 Å². The average Bonchev–Trinajstić information content (AvgIpc) is 2.42. The molecule has 0 saturated heterocycles. The number of likely N-dealkylation sites (N-methyl/N-ethyl adjacent to an activating group) is 1. The van der Waals surface area contributed by atoms with Gasteiger partial charge in [0.15, 0.2) is 0 Å². The molecule has 1 unspecified atom stereocenters. The Bertz CT molecular complexity index is 619. The molecular formula is C15H13BrClF2N. The van der Waals surface area contributed by atoms with E-state index in [1.807, 2.05) is 12.1 Å². The van der Waals surface area contributed by atoms with Crippen molar-refractivity contribution in [3.63, 3.8) is 0 Å². The Morgan fingerprint density at radius 3 is 2.65 bits per heavy atom. The van der Waals surface area contributed by atoms with Gasteiger partial charge in [0.25, 0.3) is 0 Å². The molecule has 2 rings (SSSR count). The van der Waals surface area contributed by atoms with Gasteiger partial charge in [0.1, 0.15) is 11.6 Å². The monoisotopic (exact) mass is 359 g/mol. The molecule has 0 saturated carbocycles. The summed E-state index contributed by atoms with van der Waals surface area (Å²) in [6, 6.07) is 8.75. The molecule has 1 atom stereocenters. The van der Waals surface area contributed by atoms with E-state index in [2.05, 4.69) is 21.2 Å². The minimum atomic E-state index is -0.448. The lowest BCUT2D eigenvalue weighted by molar-refractivity contribution is 0.544. The number of halogens is 4. The van der Waals surface area contributed by atoms with Crippen LogP contribution >= 0.6 is 27.5 Å². The maximum Gasteiger partial charge on any atom is 0.126 e. The Balaban J connectivity index is 2.33. The average molecular weight is 361 g/mol. The van der Waals surface area contributed by atoms with Crippen LogP contribution < -0.4 is 5.32 Å². The van der Waals surface area contributed by atoms with Crippen LogP contribution in [0.1, 0.15) is 17.2 Å². The van der Waals surface area contributed by atoms with Gasteiger partial charge in [-0.3, -0.25) is 0 Å². The van der Waals surface area contributed by atoms with E-state index in [0.717, 1.165) is 22.2 Å². The van der Waals surface area contributed by atoms with E-state index in [4.69, 9.17) is 11.6 Å². The third-order valence-electron chi connectivity index (χ3n) is 3.11. The lowest BCUT2D eigenvalue weighted by Gasteiger charge is -2.19. The summed E-state index contributed by atoms with van der Waals surface area (Å²) < 4.78 is 27.8. The molecule has 0 amide bonds. The second-order valence-corrected chi connectivity index (χ2v) is 5.77. The number of nitrogens with one attached hydrogen (secondary N) is 1. The van der Waals surface area contributed by atoms with Crippen molar-refractivity contribution in [2.75, 3.05) is 7.05 Å². The van der Waals surface area contributed by atoms with E-state index in [1.54, 1.807) is 13.1 Å². The summed E-state index contributed by atoms with van der Waals surface area (Å²) in [6.45, 7) is 0. The van der Waals surface area contributed by atoms with Gasteiger partial charge >= 0.3 is 0 Å². The number of hydrogen-bond acceptors (Lipinski definition) is 1. The first-order valence-electron chi connectivity index (χ1n) is 6.07. The fourth-order valence-electron chi connectivity index (χ4n) is 2.07. The SMILES string of the molecule is CNC(Cc1cc(F)ccc1F)c1cc(Br)ccc1Cl. The van der Waals surface area contributed by atoms with E-state index >= 15 is 0 Å². The molecule has 20 heavy (non-hydrogen) atoms. The summed E-state index contributed by atoms with van der Waals surface area (Å²) in [5.41, 5.74) is 1.16. The van der Waals surface area contributed by atoms with Crippen molar-refractivity contribution < 1.29 is 8.78 Å². The Kier molecular flexibility index (Phi) is 5.13. The summed E-state index contributed by atoms with van der Waals surface area (Å²) in [6.07, 6.45) is 0.316. The Morgan fingerprint density at radius 2 is 1.95 bits per heavy atom. The minimum Gasteiger partial charge on any atom is -0.313 e. The van der Waals surface area contributed by atoms with Crippen LogP contribution in [0.4, 0.5) is 8.78 Å². The highest BCUT2D eigenvalue weighted by Gasteiger charge is 2.16. The normalized spacial score (nSPS) is 12.4. The van der Waals surface area contributed by atoms with Crippen molar-refractivity contribution in [3.05, 3.63) is 68.7 Å². The standard InChI is InChI=1S/C15H13BrClF2N/c1-20-15(12-8-10(16)2-4-13(12)17)7-9-6-11(18)3-5-14(9)19/h2-6,8,15,20H,7H2,1H3. The zero-order valence-corrected chi connectivity index (χ0v) is 13.1. The van der Waals surface area contributed by atoms with Gasteiger partial charge in [-0.1, -0.05) is 27.5 Å². The third kappa shape index (κ3) is 3.57. The molecule has 0 heterocycles. The predicted molar refractivity (Wildman–Crippen MR) is 81.0 cm³/mol. The van der Waals surface area contributed by atoms with Gasteiger partial charge in [0.2, 0.25) is 0 Å². The topological polar surface area (TPSA) is 12.0 Å². The number of benzene rings is 2. The molecular weight excluding hydrogens is 348 g/mol. The summed E-state index contributed by atoms with van der Waals surface area (Å²) in [5.74, 6) is -0.866. The summed E-state index contributed by atoms with van der Waals surface area (Å²) in [4.78, 5) is 0. The fourth-order valence-corrected chi connectivity index (χ4v) is 2.70. The van der Waals surface area contributed by atoms with Gasteiger partial charge in [0, 0.05) is 15.5 Å². The maximum absolute atomic E-state index is 13.7. The van der Waals surface area contributed by atoms with E-state index in [-0.39, 0.29) is 6.04 Å². The Hall–Kier alpha value is -0.970. The van der Waals surface area contributed by atoms with Gasteiger partial charge in [-0.25, -0.2) is 8.78 Å². The molecule has 5 heteroatoms. The molecule has 106 valence electrons. The van der Waals surface area contributed by atoms with Gasteiger partial charge < -0.3 is 5.32 Å². The smallest absolute Gasteiger partial charge is 0.126 e. The zero-order valence-electron chi connectivity index (χ0n) is 10.8. The quantitative estimate of drug-likeness (QED) is 0.819. The summed E-state index contributed by atoms with van der Waals surface area (Å²) >= 11 is 9.56. The molecule has 0 aliphatic heterocycles. The molecule has 2 aromatic rings. The Labute approximate surface area is 130 Å². The van der Waals surface area contributed by atoms with Gasteiger partial charge in [-0.05, 0) is 61.0 Å². The van der Waals surface area contributed by atoms with Crippen LogP contribution in [0.2, 0.25) is 5.02 Å². The van der Waals surface area contributed by atoms with Crippen molar-refractivity contribution in [1.82, 2.24) is 5.32 Å². The van der Waals surface area contributed by atoms with Crippen LogP contribution in [0, 0.1) is 11.6 Å². The van der Waals surface area contributed by atoms with E-state index in [1.165, 1.54) is 6.07 Å². The van der Waals surface area contributed by atoms with Crippen molar-refractivity contribution >= 4 is 27.5 Å². The van der Waals surface area contributed by atoms with Crippen LogP contribution in [0.15, 0.2) is 40.9 Å². The third-order valence-corrected chi connectivity index (χ3v) is 3.95. The molecule has 0 fully saturated rings. The van der Waals surface area contributed by atoms with Crippen molar-refractivity contribution in [2.24, 2.45) is 0 Å². The van der Waals surface area contributed by atoms with Crippen LogP contribution in [-0.2, 0) is 6.42 Å². The van der Waals surface area contributed by atoms with E-state index in [9.17, 15) is 8.78 Å². The molecule has 2 aromatic carbocycles. The predicted octanol–water partition coefficient (Wildman–Crippen LogP) is 4.88. The lowest BCUT2D eigenvalue weighted by atomic mass is 9.98. The van der Waals surface area contributed by atoms with Crippen LogP contribution in [0.3, 0.4) is 0 Å². The Morgan fingerprint density at radius 1 is 1.20 bits per heavy atom. The highest BCUT2D eigenvalue weighted by molar-refractivity contribution is 9.10. The van der Waals surface area contributed by atoms with Crippen molar-refractivity contribution in [2.45, 2.75) is 12.5 Å². The fraction of sp³-hybridized carbons (Fsp3) is 0.200. The molecule has 0 radical (unpaired) electrons. The molecule has 1 nitrogen and oxygen atoms in total. The second-order valence-electron chi connectivity index (χ2n) is 4.45. The summed E-state index contributed by atoms with van der Waals surface area (Å²) in [5, 5.41) is 3.67. The first kappa shape index (κ1) is 15.4. The van der Waals surface area contributed by atoms with Crippen LogP contribution in [0.25, 0.3) is 0 Å². The second kappa shape index (κ2) is 6.66. The lowest BCUT2D eigenvalue weighted by Crippen LogP contribution is -2.20. The molecule has 0 aliphatic carbocycles. The maximum atomic E-state index is 13.7. The van der Waals surface area contributed by atoms with Crippen molar-refractivity contribution in [1.29, 1.82) is 0 Å². The van der Waals surface area contributed by atoms with E-state index in [0.29, 0.717) is 17.0 Å². The van der Waals surface area contributed by atoms with Crippen LogP contribution in [0.5, 0.6) is 0 Å². The molecule has 0 aliphatic rings. The highest BCUT2D eigenvalue weighted by Crippen LogP contribution is 2.29. The van der Waals surface area contributed by atoms with Gasteiger partial charge in [-0.2, -0.15) is 0 Å². The number of hydrogen-bond donors (Lipinski definition) is 1. The van der Waals surface area contributed by atoms with E-state index < -0.39 is 11.6 Å². The molecule has 0 bridgehead atoms. The minimum absolute atomic E-state index is 0.198. The summed E-state index contributed by atoms with van der Waals surface area (Å²) in [7, 11) is 1.76. The molecule has 1 N–H and O–H groups in total. The first-order valence-corrected chi connectivity index (χ1v) is 7.24. The van der Waals surface area contributed by atoms with Crippen LogP contribution in [-0.4, -0.2) is 7.05 Å². The largest absolute Gasteiger partial charge is 0.313 e. The first-order chi connectivity index (χ1) is 9.51.